The van der Waals surface area contributed by atoms with Crippen molar-refractivity contribution in [2.24, 2.45) is 5.92 Å². The second-order valence-corrected chi connectivity index (χ2v) is 9.95. The van der Waals surface area contributed by atoms with Gasteiger partial charge in [-0.25, -0.2) is 4.79 Å². The van der Waals surface area contributed by atoms with Crippen LogP contribution in [-0.4, -0.2) is 72.2 Å². The molecular formula is C22H33ClN4O4. The highest BCUT2D eigenvalue weighted by atomic mass is 35.5. The smallest absolute Gasteiger partial charge is 0.410 e. The van der Waals surface area contributed by atoms with Gasteiger partial charge in [-0.2, -0.15) is 0 Å². The normalized spacial score (nSPS) is 18.9. The van der Waals surface area contributed by atoms with Crippen LogP contribution in [0.3, 0.4) is 0 Å². The lowest BCUT2D eigenvalue weighted by Crippen LogP contribution is -2.49. The molecule has 2 aliphatic heterocycles. The van der Waals surface area contributed by atoms with E-state index in [0.717, 1.165) is 69.9 Å². The molecule has 1 aromatic carbocycles. The van der Waals surface area contributed by atoms with Gasteiger partial charge < -0.3 is 14.5 Å². The zero-order chi connectivity index (χ0) is 22.8. The SMILES string of the molecule is Cc1cc([N+](=O)[O-])c(Cl)cc1N1CCN(CC2CCN(C(=O)OC(C)(C)C)CC2)CC1. The number of nitro benzene ring substituents is 1. The summed E-state index contributed by atoms with van der Waals surface area (Å²) >= 11 is 6.13. The van der Waals surface area contributed by atoms with Crippen molar-refractivity contribution in [2.75, 3.05) is 50.7 Å². The number of piperidine rings is 1. The number of hydrogen-bond donors (Lipinski definition) is 0. The topological polar surface area (TPSA) is 79.2 Å². The van der Waals surface area contributed by atoms with Crippen LogP contribution in [0, 0.1) is 23.0 Å². The minimum absolute atomic E-state index is 0.0423. The summed E-state index contributed by atoms with van der Waals surface area (Å²) in [6.45, 7) is 13.7. The molecule has 2 fully saturated rings. The second kappa shape index (κ2) is 9.61. The van der Waals surface area contributed by atoms with E-state index in [0.29, 0.717) is 5.92 Å². The lowest BCUT2D eigenvalue weighted by molar-refractivity contribution is -0.384. The summed E-state index contributed by atoms with van der Waals surface area (Å²) in [5.41, 5.74) is 1.35. The third-order valence-electron chi connectivity index (χ3n) is 5.96. The Morgan fingerprint density at radius 1 is 1.16 bits per heavy atom. The van der Waals surface area contributed by atoms with E-state index < -0.39 is 10.5 Å². The van der Waals surface area contributed by atoms with Crippen molar-refractivity contribution in [1.82, 2.24) is 9.80 Å². The Balaban J connectivity index is 1.47. The molecule has 1 aromatic rings. The summed E-state index contributed by atoms with van der Waals surface area (Å²) in [6, 6.07) is 3.28. The maximum Gasteiger partial charge on any atom is 0.410 e. The number of piperazine rings is 1. The summed E-state index contributed by atoms with van der Waals surface area (Å²) in [5.74, 6) is 0.584. The van der Waals surface area contributed by atoms with E-state index in [4.69, 9.17) is 16.3 Å². The predicted molar refractivity (Wildman–Crippen MR) is 122 cm³/mol. The number of benzene rings is 1. The highest BCUT2D eigenvalue weighted by Crippen LogP contribution is 2.33. The maximum absolute atomic E-state index is 12.2. The number of nitrogens with zero attached hydrogens (tertiary/aromatic N) is 4. The minimum atomic E-state index is -0.458. The Labute approximate surface area is 189 Å². The van der Waals surface area contributed by atoms with Crippen LogP contribution in [-0.2, 0) is 4.74 Å². The van der Waals surface area contributed by atoms with Crippen molar-refractivity contribution >= 4 is 29.1 Å². The summed E-state index contributed by atoms with van der Waals surface area (Å²) in [4.78, 5) is 29.4. The molecule has 0 N–H and O–H groups in total. The highest BCUT2D eigenvalue weighted by Gasteiger charge is 2.29. The van der Waals surface area contributed by atoms with Gasteiger partial charge in [-0.05, 0) is 58.1 Å². The van der Waals surface area contributed by atoms with Crippen LogP contribution in [0.4, 0.5) is 16.2 Å². The molecule has 9 heteroatoms. The van der Waals surface area contributed by atoms with Crippen LogP contribution < -0.4 is 4.90 Å². The van der Waals surface area contributed by atoms with Gasteiger partial charge in [0.1, 0.15) is 10.6 Å². The monoisotopic (exact) mass is 452 g/mol. The molecule has 2 saturated heterocycles. The average molecular weight is 453 g/mol. The second-order valence-electron chi connectivity index (χ2n) is 9.55. The fourth-order valence-electron chi connectivity index (χ4n) is 4.30. The van der Waals surface area contributed by atoms with Gasteiger partial charge >= 0.3 is 6.09 Å². The van der Waals surface area contributed by atoms with Crippen LogP contribution in [0.15, 0.2) is 12.1 Å². The van der Waals surface area contributed by atoms with E-state index in [-0.39, 0.29) is 16.8 Å². The van der Waals surface area contributed by atoms with Gasteiger partial charge in [0.25, 0.3) is 5.69 Å². The zero-order valence-corrected chi connectivity index (χ0v) is 19.7. The quantitative estimate of drug-likeness (QED) is 0.499. The molecule has 0 spiro atoms. The number of carbonyl (C=O) groups excluding carboxylic acids is 1. The van der Waals surface area contributed by atoms with Crippen molar-refractivity contribution in [3.63, 3.8) is 0 Å². The van der Waals surface area contributed by atoms with Gasteiger partial charge in [-0.15, -0.1) is 0 Å². The highest BCUT2D eigenvalue weighted by molar-refractivity contribution is 6.33. The Morgan fingerprint density at radius 3 is 2.32 bits per heavy atom. The first kappa shape index (κ1) is 23.6. The average Bonchev–Trinajstić information content (AvgIpc) is 2.69. The van der Waals surface area contributed by atoms with E-state index in [1.54, 1.807) is 12.1 Å². The number of aryl methyl sites for hydroxylation is 1. The molecule has 3 rings (SSSR count). The van der Waals surface area contributed by atoms with Crippen molar-refractivity contribution in [2.45, 2.75) is 46.1 Å². The van der Waals surface area contributed by atoms with Gasteiger partial charge in [0.05, 0.1) is 4.92 Å². The van der Waals surface area contributed by atoms with Gasteiger partial charge in [-0.1, -0.05) is 11.6 Å². The molecule has 2 heterocycles. The lowest BCUT2D eigenvalue weighted by atomic mass is 9.96. The summed E-state index contributed by atoms with van der Waals surface area (Å²) in [5, 5.41) is 11.3. The summed E-state index contributed by atoms with van der Waals surface area (Å²) < 4.78 is 5.48. The van der Waals surface area contributed by atoms with Crippen LogP contribution in [0.5, 0.6) is 0 Å². The van der Waals surface area contributed by atoms with Crippen molar-refractivity contribution < 1.29 is 14.5 Å². The Hall–Kier alpha value is -2.06. The number of anilines is 1. The van der Waals surface area contributed by atoms with Crippen molar-refractivity contribution in [3.05, 3.63) is 32.8 Å². The van der Waals surface area contributed by atoms with Crippen LogP contribution in [0.2, 0.25) is 5.02 Å². The van der Waals surface area contributed by atoms with E-state index in [1.807, 2.05) is 32.6 Å². The molecule has 2 aliphatic rings. The number of amides is 1. The largest absolute Gasteiger partial charge is 0.444 e. The molecule has 1 amide bonds. The number of ether oxygens (including phenoxy) is 1. The van der Waals surface area contributed by atoms with Gasteiger partial charge in [0.2, 0.25) is 0 Å². The number of rotatable bonds is 4. The van der Waals surface area contributed by atoms with Crippen molar-refractivity contribution in [1.29, 1.82) is 0 Å². The van der Waals surface area contributed by atoms with Crippen LogP contribution >= 0.6 is 11.6 Å². The number of halogens is 1. The van der Waals surface area contributed by atoms with Crippen LogP contribution in [0.25, 0.3) is 0 Å². The number of nitro groups is 1. The molecule has 0 saturated carbocycles. The standard InChI is InChI=1S/C22H33ClN4O4/c1-16-13-20(27(29)30)18(23)14-19(16)25-11-9-24(10-12-25)15-17-5-7-26(8-6-17)21(28)31-22(2,3)4/h13-14,17H,5-12,15H2,1-4H3. The summed E-state index contributed by atoms with van der Waals surface area (Å²) in [6.07, 6.45) is 1.78. The Kier molecular flexibility index (Phi) is 7.31. The van der Waals surface area contributed by atoms with E-state index in [9.17, 15) is 14.9 Å². The van der Waals surface area contributed by atoms with Crippen molar-refractivity contribution in [3.8, 4) is 0 Å². The first-order valence-corrected chi connectivity index (χ1v) is 11.3. The van der Waals surface area contributed by atoms with E-state index >= 15 is 0 Å². The molecule has 0 aromatic heterocycles. The molecular weight excluding hydrogens is 420 g/mol. The maximum atomic E-state index is 12.2. The third-order valence-corrected chi connectivity index (χ3v) is 6.26. The molecule has 0 atom stereocenters. The molecule has 8 nitrogen and oxygen atoms in total. The van der Waals surface area contributed by atoms with Gasteiger partial charge in [-0.3, -0.25) is 15.0 Å². The fourth-order valence-corrected chi connectivity index (χ4v) is 4.52. The Morgan fingerprint density at radius 2 is 1.77 bits per heavy atom. The molecule has 0 aliphatic carbocycles. The van der Waals surface area contributed by atoms with Gasteiger partial charge in [0.15, 0.2) is 0 Å². The molecule has 31 heavy (non-hydrogen) atoms. The molecule has 0 unspecified atom stereocenters. The van der Waals surface area contributed by atoms with E-state index in [1.165, 1.54) is 0 Å². The van der Waals surface area contributed by atoms with E-state index in [2.05, 4.69) is 9.80 Å². The first-order valence-electron chi connectivity index (χ1n) is 10.9. The molecule has 0 bridgehead atoms. The zero-order valence-electron chi connectivity index (χ0n) is 18.9. The molecule has 0 radical (unpaired) electrons. The number of hydrogen-bond acceptors (Lipinski definition) is 6. The molecule has 172 valence electrons. The third kappa shape index (κ3) is 6.23. The number of carbonyl (C=O) groups is 1. The first-order chi connectivity index (χ1) is 14.5. The Bertz CT molecular complexity index is 810. The summed E-state index contributed by atoms with van der Waals surface area (Å²) in [7, 11) is 0. The predicted octanol–water partition coefficient (Wildman–Crippen LogP) is 4.33. The number of likely N-dealkylation sites (tertiary alicyclic amines) is 1. The van der Waals surface area contributed by atoms with Crippen LogP contribution in [0.1, 0.15) is 39.2 Å². The fraction of sp³-hybridized carbons (Fsp3) is 0.682. The lowest BCUT2D eigenvalue weighted by Gasteiger charge is -2.40. The minimum Gasteiger partial charge on any atom is -0.444 e. The van der Waals surface area contributed by atoms with Gasteiger partial charge in [0, 0.05) is 57.6 Å².